The molecule has 3 nitrogen and oxygen atoms in total. The smallest absolute Gasteiger partial charge is 0.307 e. The van der Waals surface area contributed by atoms with E-state index in [0.29, 0.717) is 13.2 Å². The predicted molar refractivity (Wildman–Crippen MR) is 78.2 cm³/mol. The van der Waals surface area contributed by atoms with Crippen LogP contribution in [-0.4, -0.2) is 36.5 Å². The van der Waals surface area contributed by atoms with Crippen molar-refractivity contribution in [3.05, 3.63) is 35.9 Å². The van der Waals surface area contributed by atoms with Gasteiger partial charge in [-0.15, -0.1) is 0 Å². The molecule has 0 atom stereocenters. The van der Waals surface area contributed by atoms with Gasteiger partial charge in [-0.2, -0.15) is 0 Å². The van der Waals surface area contributed by atoms with Crippen LogP contribution in [0.15, 0.2) is 30.3 Å². The average Bonchev–Trinajstić information content (AvgIpc) is 2.46. The minimum atomic E-state index is -2.75. The van der Waals surface area contributed by atoms with Crippen molar-refractivity contribution in [1.82, 2.24) is 4.90 Å². The maximum atomic E-state index is 13.6. The summed E-state index contributed by atoms with van der Waals surface area (Å²) in [7, 11) is 0. The molecule has 21 heavy (non-hydrogen) atoms. The van der Waals surface area contributed by atoms with E-state index in [1.165, 1.54) is 6.92 Å². The highest BCUT2D eigenvalue weighted by atomic mass is 19.3. The average molecular weight is 299 g/mol. The van der Waals surface area contributed by atoms with Crippen LogP contribution in [0, 0.1) is 0 Å². The fourth-order valence-corrected chi connectivity index (χ4v) is 1.98. The molecular formula is C16H23F2NO2. The first-order valence-corrected chi connectivity index (χ1v) is 7.26. The molecule has 0 heterocycles. The molecule has 0 saturated carbocycles. The van der Waals surface area contributed by atoms with Gasteiger partial charge in [-0.25, -0.2) is 8.78 Å². The van der Waals surface area contributed by atoms with E-state index in [0.717, 1.165) is 5.56 Å². The minimum Gasteiger partial charge on any atom is -0.466 e. The molecule has 0 amide bonds. The van der Waals surface area contributed by atoms with Gasteiger partial charge < -0.3 is 4.74 Å². The van der Waals surface area contributed by atoms with Crippen molar-refractivity contribution in [3.63, 3.8) is 0 Å². The SMILES string of the molecule is CCOC(=O)CCN(Cc1ccccc1)CC(F)(F)CC. The number of carbonyl (C=O) groups is 1. The van der Waals surface area contributed by atoms with E-state index in [1.807, 2.05) is 30.3 Å². The van der Waals surface area contributed by atoms with Crippen molar-refractivity contribution < 1.29 is 18.3 Å². The van der Waals surface area contributed by atoms with Crippen molar-refractivity contribution in [2.45, 2.75) is 39.2 Å². The Morgan fingerprint density at radius 1 is 1.24 bits per heavy atom. The van der Waals surface area contributed by atoms with Gasteiger partial charge in [-0.1, -0.05) is 37.3 Å². The van der Waals surface area contributed by atoms with E-state index in [-0.39, 0.29) is 31.9 Å². The summed E-state index contributed by atoms with van der Waals surface area (Å²) in [4.78, 5) is 13.0. The molecule has 118 valence electrons. The summed E-state index contributed by atoms with van der Waals surface area (Å²) in [5.41, 5.74) is 0.952. The van der Waals surface area contributed by atoms with Crippen LogP contribution >= 0.6 is 0 Å². The minimum absolute atomic E-state index is 0.125. The van der Waals surface area contributed by atoms with Gasteiger partial charge in [0.1, 0.15) is 0 Å². The van der Waals surface area contributed by atoms with Crippen LogP contribution in [0.2, 0.25) is 0 Å². The lowest BCUT2D eigenvalue weighted by atomic mass is 10.1. The number of benzene rings is 1. The maximum Gasteiger partial charge on any atom is 0.307 e. The highest BCUT2D eigenvalue weighted by Gasteiger charge is 2.29. The standard InChI is InChI=1S/C16H23F2NO2/c1-3-16(17,18)13-19(11-10-15(20)21-4-2)12-14-8-6-5-7-9-14/h5-9H,3-4,10-13H2,1-2H3. The van der Waals surface area contributed by atoms with E-state index in [2.05, 4.69) is 0 Å². The summed E-state index contributed by atoms with van der Waals surface area (Å²) in [6.45, 7) is 3.82. The highest BCUT2D eigenvalue weighted by Crippen LogP contribution is 2.20. The number of rotatable bonds is 9. The Balaban J connectivity index is 2.63. The predicted octanol–water partition coefficient (Wildman–Crippen LogP) is 3.49. The van der Waals surface area contributed by atoms with Gasteiger partial charge in [0.2, 0.25) is 0 Å². The van der Waals surface area contributed by atoms with E-state index in [9.17, 15) is 13.6 Å². The fourth-order valence-electron chi connectivity index (χ4n) is 1.98. The van der Waals surface area contributed by atoms with Crippen molar-refractivity contribution in [2.24, 2.45) is 0 Å². The molecule has 0 aliphatic carbocycles. The molecule has 0 N–H and O–H groups in total. The second-order valence-corrected chi connectivity index (χ2v) is 4.96. The Kier molecular flexibility index (Phi) is 7.29. The van der Waals surface area contributed by atoms with Gasteiger partial charge in [0.05, 0.1) is 19.6 Å². The number of halogens is 2. The number of ether oxygens (including phenoxy) is 1. The molecule has 1 aromatic carbocycles. The number of hydrogen-bond acceptors (Lipinski definition) is 3. The van der Waals surface area contributed by atoms with E-state index >= 15 is 0 Å². The molecular weight excluding hydrogens is 276 g/mol. The van der Waals surface area contributed by atoms with Crippen LogP contribution in [0.4, 0.5) is 8.78 Å². The molecule has 0 unspecified atom stereocenters. The Hall–Kier alpha value is -1.49. The molecule has 0 spiro atoms. The number of hydrogen-bond donors (Lipinski definition) is 0. The van der Waals surface area contributed by atoms with Gasteiger partial charge in [-0.05, 0) is 12.5 Å². The lowest BCUT2D eigenvalue weighted by Gasteiger charge is -2.26. The van der Waals surface area contributed by atoms with Crippen molar-refractivity contribution in [3.8, 4) is 0 Å². The Morgan fingerprint density at radius 3 is 2.48 bits per heavy atom. The fraction of sp³-hybridized carbons (Fsp3) is 0.562. The van der Waals surface area contributed by atoms with Gasteiger partial charge in [0.15, 0.2) is 0 Å². The summed E-state index contributed by atoms with van der Waals surface area (Å²) in [5, 5.41) is 0. The van der Waals surface area contributed by atoms with Gasteiger partial charge in [0.25, 0.3) is 5.92 Å². The number of carbonyl (C=O) groups excluding carboxylic acids is 1. The molecule has 0 aromatic heterocycles. The lowest BCUT2D eigenvalue weighted by Crippen LogP contribution is -2.37. The summed E-state index contributed by atoms with van der Waals surface area (Å²) in [5.74, 6) is -3.10. The molecule has 1 rings (SSSR count). The largest absolute Gasteiger partial charge is 0.466 e. The molecule has 1 aromatic rings. The first-order valence-electron chi connectivity index (χ1n) is 7.26. The van der Waals surface area contributed by atoms with E-state index < -0.39 is 5.92 Å². The van der Waals surface area contributed by atoms with Gasteiger partial charge >= 0.3 is 5.97 Å². The third-order valence-corrected chi connectivity index (χ3v) is 3.16. The summed E-state index contributed by atoms with van der Waals surface area (Å²) in [6, 6.07) is 9.41. The molecule has 5 heteroatoms. The van der Waals surface area contributed by atoms with Crippen molar-refractivity contribution >= 4 is 5.97 Å². The third kappa shape index (κ3) is 7.18. The van der Waals surface area contributed by atoms with Crippen LogP contribution in [0.3, 0.4) is 0 Å². The third-order valence-electron chi connectivity index (χ3n) is 3.16. The monoisotopic (exact) mass is 299 g/mol. The zero-order chi connectivity index (χ0) is 15.7. The van der Waals surface area contributed by atoms with E-state index in [1.54, 1.807) is 11.8 Å². The van der Waals surface area contributed by atoms with Crippen LogP contribution in [-0.2, 0) is 16.1 Å². The maximum absolute atomic E-state index is 13.6. The van der Waals surface area contributed by atoms with Crippen LogP contribution in [0.1, 0.15) is 32.3 Å². The highest BCUT2D eigenvalue weighted by molar-refractivity contribution is 5.69. The van der Waals surface area contributed by atoms with Crippen LogP contribution in [0.25, 0.3) is 0 Å². The Labute approximate surface area is 124 Å². The Morgan fingerprint density at radius 2 is 1.90 bits per heavy atom. The molecule has 0 aliphatic rings. The quantitative estimate of drug-likeness (QED) is 0.654. The second kappa shape index (κ2) is 8.72. The molecule has 0 bridgehead atoms. The molecule has 0 radical (unpaired) electrons. The number of nitrogens with zero attached hydrogens (tertiary/aromatic N) is 1. The number of alkyl halides is 2. The summed E-state index contributed by atoms with van der Waals surface area (Å²) < 4.78 is 32.1. The topological polar surface area (TPSA) is 29.5 Å². The summed E-state index contributed by atoms with van der Waals surface area (Å²) in [6.07, 6.45) is -0.0852. The molecule has 0 aliphatic heterocycles. The second-order valence-electron chi connectivity index (χ2n) is 4.96. The van der Waals surface area contributed by atoms with Gasteiger partial charge in [0, 0.05) is 19.5 Å². The zero-order valence-electron chi connectivity index (χ0n) is 12.6. The lowest BCUT2D eigenvalue weighted by molar-refractivity contribution is -0.143. The molecule has 0 saturated heterocycles. The first-order chi connectivity index (χ1) is 9.96. The normalized spacial score (nSPS) is 11.7. The molecule has 0 fully saturated rings. The van der Waals surface area contributed by atoms with E-state index in [4.69, 9.17) is 4.74 Å². The zero-order valence-corrected chi connectivity index (χ0v) is 12.6. The first kappa shape index (κ1) is 17.6. The van der Waals surface area contributed by atoms with Crippen LogP contribution < -0.4 is 0 Å². The number of esters is 1. The van der Waals surface area contributed by atoms with Crippen molar-refractivity contribution in [2.75, 3.05) is 19.7 Å². The van der Waals surface area contributed by atoms with Crippen molar-refractivity contribution in [1.29, 1.82) is 0 Å². The van der Waals surface area contributed by atoms with Crippen LogP contribution in [0.5, 0.6) is 0 Å². The summed E-state index contributed by atoms with van der Waals surface area (Å²) >= 11 is 0. The van der Waals surface area contributed by atoms with Gasteiger partial charge in [-0.3, -0.25) is 9.69 Å². The Bertz CT molecular complexity index is 424.